The molecule has 1 saturated heterocycles. The topological polar surface area (TPSA) is 73.3 Å². The summed E-state index contributed by atoms with van der Waals surface area (Å²) in [5, 5.41) is 2.87. The van der Waals surface area contributed by atoms with E-state index in [1.54, 1.807) is 24.5 Å². The van der Waals surface area contributed by atoms with E-state index in [1.165, 1.54) is 0 Å². The summed E-state index contributed by atoms with van der Waals surface area (Å²) < 4.78 is 11.1. The summed E-state index contributed by atoms with van der Waals surface area (Å²) in [4.78, 5) is 20.6. The van der Waals surface area contributed by atoms with Crippen LogP contribution in [0.2, 0.25) is 0 Å². The minimum atomic E-state index is -0.176. The summed E-state index contributed by atoms with van der Waals surface area (Å²) in [5.74, 6) is 3.08. The van der Waals surface area contributed by atoms with Crippen LogP contribution in [0.4, 0.5) is 0 Å². The third-order valence-electron chi connectivity index (χ3n) is 3.72. The Kier molecular flexibility index (Phi) is 6.11. The van der Waals surface area contributed by atoms with Crippen molar-refractivity contribution in [3.8, 4) is 11.8 Å². The van der Waals surface area contributed by atoms with Gasteiger partial charge in [-0.3, -0.25) is 4.79 Å². The first-order valence-electron chi connectivity index (χ1n) is 8.31. The molecule has 2 aromatic heterocycles. The molecule has 1 aliphatic rings. The van der Waals surface area contributed by atoms with Crippen molar-refractivity contribution in [3.63, 3.8) is 0 Å². The average Bonchev–Trinajstić information content (AvgIpc) is 3.14. The predicted molar refractivity (Wildman–Crippen MR) is 97.2 cm³/mol. The van der Waals surface area contributed by atoms with Gasteiger partial charge in [-0.1, -0.05) is 0 Å². The Bertz CT molecular complexity index is 703. The number of ether oxygens (including phenoxy) is 2. The molecule has 0 radical (unpaired) electrons. The van der Waals surface area contributed by atoms with Gasteiger partial charge in [0.15, 0.2) is 0 Å². The van der Waals surface area contributed by atoms with Crippen LogP contribution in [0.3, 0.4) is 0 Å². The third kappa shape index (κ3) is 5.09. The van der Waals surface area contributed by atoms with Crippen LogP contribution < -0.4 is 14.8 Å². The molecule has 1 unspecified atom stereocenters. The van der Waals surface area contributed by atoms with Crippen LogP contribution in [0, 0.1) is 0 Å². The molecule has 0 saturated carbocycles. The lowest BCUT2D eigenvalue weighted by molar-refractivity contribution is 0.0950. The summed E-state index contributed by atoms with van der Waals surface area (Å²) in [6, 6.07) is 7.14. The van der Waals surface area contributed by atoms with Crippen molar-refractivity contribution >= 4 is 17.7 Å². The van der Waals surface area contributed by atoms with E-state index in [2.05, 4.69) is 15.3 Å². The number of nitrogens with zero attached hydrogens (tertiary/aromatic N) is 2. The minimum absolute atomic E-state index is 0.176. The molecule has 132 valence electrons. The third-order valence-corrected chi connectivity index (χ3v) is 4.85. The fourth-order valence-corrected chi connectivity index (χ4v) is 3.53. The van der Waals surface area contributed by atoms with Crippen molar-refractivity contribution in [1.82, 2.24) is 15.3 Å². The van der Waals surface area contributed by atoms with E-state index in [9.17, 15) is 4.79 Å². The molecule has 25 heavy (non-hydrogen) atoms. The normalized spacial score (nSPS) is 16.4. The number of hydrogen-bond donors (Lipinski definition) is 1. The summed E-state index contributed by atoms with van der Waals surface area (Å²) in [5.41, 5.74) is 1.44. The van der Waals surface area contributed by atoms with Crippen molar-refractivity contribution in [3.05, 3.63) is 47.8 Å². The van der Waals surface area contributed by atoms with Crippen molar-refractivity contribution in [2.45, 2.75) is 26.0 Å². The molecule has 1 N–H and O–H groups in total. The first-order chi connectivity index (χ1) is 12.2. The van der Waals surface area contributed by atoms with Crippen LogP contribution in [-0.4, -0.2) is 40.1 Å². The number of hydrogen-bond acceptors (Lipinski definition) is 6. The van der Waals surface area contributed by atoms with Gasteiger partial charge in [-0.15, -0.1) is 0 Å². The fourth-order valence-electron chi connectivity index (χ4n) is 2.43. The second kappa shape index (κ2) is 8.71. The standard InChI is InChI=1S/C18H21N3O3S/c1-2-23-17-9-13(5-7-19-17)10-21-18(22)14-3-4-16(20-11-14)24-15-6-8-25-12-15/h3-5,7,9,11,15H,2,6,8,10,12H2,1H3,(H,21,22). The molecule has 3 rings (SSSR count). The Hall–Kier alpha value is -2.28. The van der Waals surface area contributed by atoms with Crippen LogP contribution >= 0.6 is 11.8 Å². The molecular weight excluding hydrogens is 338 g/mol. The van der Waals surface area contributed by atoms with Crippen LogP contribution in [0.15, 0.2) is 36.7 Å². The maximum Gasteiger partial charge on any atom is 0.253 e. The van der Waals surface area contributed by atoms with E-state index in [0.29, 0.717) is 30.5 Å². The molecule has 0 aromatic carbocycles. The largest absolute Gasteiger partial charge is 0.478 e. The summed E-state index contributed by atoms with van der Waals surface area (Å²) in [6.07, 6.45) is 4.49. The molecule has 7 heteroatoms. The first kappa shape index (κ1) is 17.5. The maximum absolute atomic E-state index is 12.2. The van der Waals surface area contributed by atoms with E-state index < -0.39 is 0 Å². The molecule has 6 nitrogen and oxygen atoms in total. The molecule has 1 atom stereocenters. The van der Waals surface area contributed by atoms with Gasteiger partial charge in [0.1, 0.15) is 6.10 Å². The van der Waals surface area contributed by atoms with Crippen molar-refractivity contribution in [1.29, 1.82) is 0 Å². The number of thioether (sulfide) groups is 1. The van der Waals surface area contributed by atoms with Crippen LogP contribution in [0.25, 0.3) is 0 Å². The lowest BCUT2D eigenvalue weighted by atomic mass is 10.2. The molecular formula is C18H21N3O3S. The minimum Gasteiger partial charge on any atom is -0.478 e. The Morgan fingerprint density at radius 1 is 1.32 bits per heavy atom. The first-order valence-corrected chi connectivity index (χ1v) is 9.46. The van der Waals surface area contributed by atoms with Gasteiger partial charge in [0.25, 0.3) is 5.91 Å². The highest BCUT2D eigenvalue weighted by Crippen LogP contribution is 2.22. The van der Waals surface area contributed by atoms with Crippen molar-refractivity contribution in [2.75, 3.05) is 18.1 Å². The van der Waals surface area contributed by atoms with E-state index in [-0.39, 0.29) is 12.0 Å². The van der Waals surface area contributed by atoms with Gasteiger partial charge in [-0.05, 0) is 36.8 Å². The van der Waals surface area contributed by atoms with Crippen LogP contribution in [0.1, 0.15) is 29.3 Å². The maximum atomic E-state index is 12.2. The zero-order valence-electron chi connectivity index (χ0n) is 14.1. The molecule has 2 aromatic rings. The summed E-state index contributed by atoms with van der Waals surface area (Å²) in [6.45, 7) is 2.86. The highest BCUT2D eigenvalue weighted by Gasteiger charge is 2.17. The smallest absolute Gasteiger partial charge is 0.253 e. The number of pyridine rings is 2. The molecule has 0 aliphatic carbocycles. The number of carbonyl (C=O) groups is 1. The van der Waals surface area contributed by atoms with Gasteiger partial charge in [0.2, 0.25) is 11.8 Å². The highest BCUT2D eigenvalue weighted by atomic mass is 32.2. The highest BCUT2D eigenvalue weighted by molar-refractivity contribution is 7.99. The van der Waals surface area contributed by atoms with E-state index >= 15 is 0 Å². The summed E-state index contributed by atoms with van der Waals surface area (Å²) >= 11 is 1.89. The lowest BCUT2D eigenvalue weighted by Gasteiger charge is -2.11. The van der Waals surface area contributed by atoms with E-state index in [4.69, 9.17) is 9.47 Å². The zero-order chi connectivity index (χ0) is 17.5. The monoisotopic (exact) mass is 359 g/mol. The zero-order valence-corrected chi connectivity index (χ0v) is 14.9. The number of rotatable bonds is 7. The van der Waals surface area contributed by atoms with E-state index in [0.717, 1.165) is 23.5 Å². The van der Waals surface area contributed by atoms with E-state index in [1.807, 2.05) is 30.8 Å². The quantitative estimate of drug-likeness (QED) is 0.819. The number of aromatic nitrogens is 2. The molecule has 1 amide bonds. The van der Waals surface area contributed by atoms with Crippen LogP contribution in [-0.2, 0) is 6.54 Å². The Morgan fingerprint density at radius 3 is 2.96 bits per heavy atom. The van der Waals surface area contributed by atoms with Gasteiger partial charge in [0.05, 0.1) is 12.2 Å². The number of nitrogens with one attached hydrogen (secondary N) is 1. The van der Waals surface area contributed by atoms with Gasteiger partial charge < -0.3 is 14.8 Å². The molecule has 3 heterocycles. The Morgan fingerprint density at radius 2 is 2.24 bits per heavy atom. The molecule has 1 aliphatic heterocycles. The lowest BCUT2D eigenvalue weighted by Crippen LogP contribution is -2.23. The molecule has 0 bridgehead atoms. The van der Waals surface area contributed by atoms with Gasteiger partial charge in [0, 0.05) is 36.8 Å². The van der Waals surface area contributed by atoms with Crippen molar-refractivity contribution in [2.24, 2.45) is 0 Å². The van der Waals surface area contributed by atoms with Gasteiger partial charge in [-0.25, -0.2) is 9.97 Å². The van der Waals surface area contributed by atoms with Gasteiger partial charge >= 0.3 is 0 Å². The molecule has 1 fully saturated rings. The van der Waals surface area contributed by atoms with Crippen molar-refractivity contribution < 1.29 is 14.3 Å². The Balaban J connectivity index is 1.53. The SMILES string of the molecule is CCOc1cc(CNC(=O)c2ccc(OC3CCSC3)nc2)ccn1. The average molecular weight is 359 g/mol. The second-order valence-electron chi connectivity index (χ2n) is 5.61. The van der Waals surface area contributed by atoms with Crippen LogP contribution in [0.5, 0.6) is 11.8 Å². The second-order valence-corrected chi connectivity index (χ2v) is 6.76. The fraction of sp³-hybridized carbons (Fsp3) is 0.389. The predicted octanol–water partition coefficient (Wildman–Crippen LogP) is 2.69. The van der Waals surface area contributed by atoms with Gasteiger partial charge in [-0.2, -0.15) is 11.8 Å². The number of amides is 1. The number of carbonyl (C=O) groups excluding carboxylic acids is 1. The summed E-state index contributed by atoms with van der Waals surface area (Å²) in [7, 11) is 0. The molecule has 0 spiro atoms. The Labute approximate surface area is 151 Å².